The summed E-state index contributed by atoms with van der Waals surface area (Å²) in [6.45, 7) is 8.50. The molecule has 0 unspecified atom stereocenters. The van der Waals surface area contributed by atoms with E-state index in [0.717, 1.165) is 0 Å². The van der Waals surface area contributed by atoms with Gasteiger partial charge in [0.15, 0.2) is 5.82 Å². The molecule has 1 aromatic rings. The molecule has 0 atom stereocenters. The summed E-state index contributed by atoms with van der Waals surface area (Å²) in [4.78, 5) is 18.2. The maximum atomic E-state index is 12.3. The van der Waals surface area contributed by atoms with Gasteiger partial charge in [-0.15, -0.1) is 0 Å². The lowest BCUT2D eigenvalue weighted by molar-refractivity contribution is 0.215. The Kier molecular flexibility index (Phi) is 4.51. The van der Waals surface area contributed by atoms with Crippen LogP contribution >= 0.6 is 0 Å². The van der Waals surface area contributed by atoms with Crippen molar-refractivity contribution in [2.45, 2.75) is 39.8 Å². The summed E-state index contributed by atoms with van der Waals surface area (Å²) < 4.78 is 1.66. The van der Waals surface area contributed by atoms with Gasteiger partial charge >= 0.3 is 0 Å². The lowest BCUT2D eigenvalue weighted by atomic mass is 10.1. The van der Waals surface area contributed by atoms with Gasteiger partial charge in [-0.2, -0.15) is 0 Å². The highest BCUT2D eigenvalue weighted by molar-refractivity contribution is 5.38. The van der Waals surface area contributed by atoms with Gasteiger partial charge in [-0.1, -0.05) is 13.8 Å². The molecule has 0 bridgehead atoms. The molecule has 0 aliphatic rings. The quantitative estimate of drug-likeness (QED) is 0.854. The highest BCUT2D eigenvalue weighted by Gasteiger charge is 2.26. The molecule has 1 aromatic heterocycles. The molecule has 102 valence electrons. The molecule has 0 aliphatic heterocycles. The van der Waals surface area contributed by atoms with Crippen LogP contribution in [0.5, 0.6) is 0 Å². The predicted octanol–water partition coefficient (Wildman–Crippen LogP) is 1.11. The Morgan fingerprint density at radius 3 is 2.61 bits per heavy atom. The Balaban J connectivity index is 3.15. The number of aliphatic hydroxyl groups is 1. The first-order valence-corrected chi connectivity index (χ1v) is 6.19. The van der Waals surface area contributed by atoms with Gasteiger partial charge < -0.3 is 14.6 Å². The fraction of sp³-hybridized carbons (Fsp3) is 0.692. The van der Waals surface area contributed by atoms with Crippen molar-refractivity contribution in [3.8, 4) is 0 Å². The molecule has 0 saturated heterocycles. The highest BCUT2D eigenvalue weighted by atomic mass is 16.3. The summed E-state index contributed by atoms with van der Waals surface area (Å²) in [5.74, 6) is 0.770. The standard InChI is InChI=1S/C13H23N3O2/c1-10(2)8-16-7-6-14-11(12(16)18)15(5)13(3,4)9-17/h6-7,10,17H,8-9H2,1-5H3. The summed E-state index contributed by atoms with van der Waals surface area (Å²) in [7, 11) is 1.78. The average molecular weight is 253 g/mol. The third-order valence-electron chi connectivity index (χ3n) is 3.07. The number of anilines is 1. The van der Waals surface area contributed by atoms with E-state index < -0.39 is 5.54 Å². The molecule has 0 spiro atoms. The Morgan fingerprint density at radius 1 is 1.50 bits per heavy atom. The van der Waals surface area contributed by atoms with E-state index >= 15 is 0 Å². The zero-order chi connectivity index (χ0) is 13.9. The highest BCUT2D eigenvalue weighted by Crippen LogP contribution is 2.16. The summed E-state index contributed by atoms with van der Waals surface area (Å²) >= 11 is 0. The van der Waals surface area contributed by atoms with Crippen LogP contribution < -0.4 is 10.5 Å². The van der Waals surface area contributed by atoms with Crippen molar-refractivity contribution in [2.75, 3.05) is 18.6 Å². The molecule has 1 N–H and O–H groups in total. The van der Waals surface area contributed by atoms with E-state index in [2.05, 4.69) is 18.8 Å². The zero-order valence-electron chi connectivity index (χ0n) is 11.8. The largest absolute Gasteiger partial charge is 0.394 e. The number of aromatic nitrogens is 2. The first kappa shape index (κ1) is 14.7. The van der Waals surface area contributed by atoms with Crippen LogP contribution in [0.25, 0.3) is 0 Å². The van der Waals surface area contributed by atoms with E-state index in [9.17, 15) is 9.90 Å². The van der Waals surface area contributed by atoms with Gasteiger partial charge in [0.2, 0.25) is 0 Å². The molecule has 5 nitrogen and oxygen atoms in total. The summed E-state index contributed by atoms with van der Waals surface area (Å²) in [5.41, 5.74) is -0.626. The minimum Gasteiger partial charge on any atom is -0.394 e. The molecule has 0 saturated carbocycles. The molecule has 0 radical (unpaired) electrons. The van der Waals surface area contributed by atoms with Crippen LogP contribution in [0.15, 0.2) is 17.2 Å². The van der Waals surface area contributed by atoms with Crippen LogP contribution in [-0.2, 0) is 6.54 Å². The Labute approximate surface area is 108 Å². The van der Waals surface area contributed by atoms with Gasteiger partial charge in [0.1, 0.15) is 0 Å². The van der Waals surface area contributed by atoms with Gasteiger partial charge in [-0.25, -0.2) is 4.98 Å². The van der Waals surface area contributed by atoms with Gasteiger partial charge in [-0.3, -0.25) is 4.79 Å². The number of rotatable bonds is 5. The SMILES string of the molecule is CC(C)Cn1ccnc(N(C)C(C)(C)CO)c1=O. The summed E-state index contributed by atoms with van der Waals surface area (Å²) in [6, 6.07) is 0. The van der Waals surface area contributed by atoms with Crippen molar-refractivity contribution in [3.05, 3.63) is 22.7 Å². The maximum Gasteiger partial charge on any atom is 0.293 e. The number of nitrogens with zero attached hydrogens (tertiary/aromatic N) is 3. The second-order valence-electron chi connectivity index (χ2n) is 5.63. The molecular weight excluding hydrogens is 230 g/mol. The second-order valence-corrected chi connectivity index (χ2v) is 5.63. The van der Waals surface area contributed by atoms with Crippen LogP contribution in [0.4, 0.5) is 5.82 Å². The second kappa shape index (κ2) is 5.52. The number of hydrogen-bond donors (Lipinski definition) is 1. The van der Waals surface area contributed by atoms with Crippen molar-refractivity contribution in [2.24, 2.45) is 5.92 Å². The predicted molar refractivity (Wildman–Crippen MR) is 72.9 cm³/mol. The third kappa shape index (κ3) is 3.10. The van der Waals surface area contributed by atoms with E-state index in [1.54, 1.807) is 28.9 Å². The summed E-state index contributed by atoms with van der Waals surface area (Å²) in [5, 5.41) is 9.35. The smallest absolute Gasteiger partial charge is 0.293 e. The molecule has 0 amide bonds. The van der Waals surface area contributed by atoms with Gasteiger partial charge in [-0.05, 0) is 19.8 Å². The van der Waals surface area contributed by atoms with Crippen LogP contribution in [0.2, 0.25) is 0 Å². The van der Waals surface area contributed by atoms with E-state index in [-0.39, 0.29) is 12.2 Å². The van der Waals surface area contributed by atoms with Crippen molar-refractivity contribution >= 4 is 5.82 Å². The van der Waals surface area contributed by atoms with Crippen molar-refractivity contribution in [3.63, 3.8) is 0 Å². The lowest BCUT2D eigenvalue weighted by Gasteiger charge is -2.34. The average Bonchev–Trinajstić information content (AvgIpc) is 2.30. The van der Waals surface area contributed by atoms with E-state index in [0.29, 0.717) is 18.3 Å². The molecule has 0 aromatic carbocycles. The molecule has 0 aliphatic carbocycles. The lowest BCUT2D eigenvalue weighted by Crippen LogP contribution is -2.47. The molecule has 0 fully saturated rings. The monoisotopic (exact) mass is 253 g/mol. The normalized spacial score (nSPS) is 11.9. The minimum absolute atomic E-state index is 0.0380. The summed E-state index contributed by atoms with van der Waals surface area (Å²) in [6.07, 6.45) is 3.33. The fourth-order valence-corrected chi connectivity index (χ4v) is 1.60. The molecule has 1 heterocycles. The number of aliphatic hydroxyl groups excluding tert-OH is 1. The van der Waals surface area contributed by atoms with Crippen LogP contribution in [0.3, 0.4) is 0 Å². The maximum absolute atomic E-state index is 12.3. The first-order valence-electron chi connectivity index (χ1n) is 6.19. The molecule has 1 rings (SSSR count). The van der Waals surface area contributed by atoms with Crippen LogP contribution in [0, 0.1) is 5.92 Å². The van der Waals surface area contributed by atoms with E-state index in [1.165, 1.54) is 0 Å². The third-order valence-corrected chi connectivity index (χ3v) is 3.07. The van der Waals surface area contributed by atoms with E-state index in [1.807, 2.05) is 13.8 Å². The first-order chi connectivity index (χ1) is 8.29. The van der Waals surface area contributed by atoms with E-state index in [4.69, 9.17) is 0 Å². The van der Waals surface area contributed by atoms with Crippen molar-refractivity contribution < 1.29 is 5.11 Å². The number of likely N-dealkylation sites (N-methyl/N-ethyl adjacent to an activating group) is 1. The Hall–Kier alpha value is -1.36. The fourth-order valence-electron chi connectivity index (χ4n) is 1.60. The molecule has 18 heavy (non-hydrogen) atoms. The van der Waals surface area contributed by atoms with Gasteiger partial charge in [0, 0.05) is 26.0 Å². The van der Waals surface area contributed by atoms with Gasteiger partial charge in [0.25, 0.3) is 5.56 Å². The Morgan fingerprint density at radius 2 is 2.11 bits per heavy atom. The van der Waals surface area contributed by atoms with Crippen molar-refractivity contribution in [1.29, 1.82) is 0 Å². The zero-order valence-corrected chi connectivity index (χ0v) is 11.8. The van der Waals surface area contributed by atoms with Gasteiger partial charge in [0.05, 0.1) is 12.1 Å². The topological polar surface area (TPSA) is 58.4 Å². The van der Waals surface area contributed by atoms with Crippen molar-refractivity contribution in [1.82, 2.24) is 9.55 Å². The molecular formula is C13H23N3O2. The van der Waals surface area contributed by atoms with Crippen LogP contribution in [0.1, 0.15) is 27.7 Å². The Bertz CT molecular complexity index is 452. The van der Waals surface area contributed by atoms with Crippen LogP contribution in [-0.4, -0.2) is 33.9 Å². The number of hydrogen-bond acceptors (Lipinski definition) is 4. The molecule has 5 heteroatoms. The minimum atomic E-state index is -0.511.